The van der Waals surface area contributed by atoms with E-state index in [9.17, 15) is 4.79 Å². The molecule has 0 bridgehead atoms. The Balaban J connectivity index is 2.19. The number of hydrogen-bond donors (Lipinski definition) is 1. The number of carbonyl (C=O) groups is 1. The zero-order valence-electron chi connectivity index (χ0n) is 11.9. The highest BCUT2D eigenvalue weighted by molar-refractivity contribution is 6.42. The lowest BCUT2D eigenvalue weighted by Crippen LogP contribution is -2.26. The first-order valence-electron chi connectivity index (χ1n) is 6.44. The Hall–Kier alpha value is -1.71. The summed E-state index contributed by atoms with van der Waals surface area (Å²) >= 11 is 12.1. The Kier molecular flexibility index (Phi) is 4.76. The summed E-state index contributed by atoms with van der Waals surface area (Å²) in [5.41, 5.74) is 8.74. The van der Waals surface area contributed by atoms with Gasteiger partial charge in [-0.05, 0) is 42.3 Å². The highest BCUT2D eigenvalue weighted by Crippen LogP contribution is 2.26. The first-order chi connectivity index (χ1) is 9.90. The number of hydrogen-bond acceptors (Lipinski definition) is 2. The number of aryl methyl sites for hydroxylation is 1. The van der Waals surface area contributed by atoms with E-state index >= 15 is 0 Å². The summed E-state index contributed by atoms with van der Waals surface area (Å²) in [7, 11) is 1.73. The summed E-state index contributed by atoms with van der Waals surface area (Å²) in [6.07, 6.45) is 0. The van der Waals surface area contributed by atoms with Gasteiger partial charge in [0.05, 0.1) is 10.0 Å². The fourth-order valence-electron chi connectivity index (χ4n) is 2.03. The molecule has 0 radical (unpaired) electrons. The fraction of sp³-hybridized carbons (Fsp3) is 0.188. The van der Waals surface area contributed by atoms with Gasteiger partial charge in [0.15, 0.2) is 0 Å². The maximum Gasteiger partial charge on any atom is 0.253 e. The number of benzene rings is 2. The van der Waals surface area contributed by atoms with E-state index in [0.717, 1.165) is 11.1 Å². The van der Waals surface area contributed by atoms with Gasteiger partial charge in [0, 0.05) is 24.8 Å². The lowest BCUT2D eigenvalue weighted by Gasteiger charge is -2.19. The maximum absolute atomic E-state index is 12.4. The molecule has 3 nitrogen and oxygen atoms in total. The third kappa shape index (κ3) is 3.49. The molecule has 0 atom stereocenters. The van der Waals surface area contributed by atoms with Crippen molar-refractivity contribution in [3.8, 4) is 0 Å². The van der Waals surface area contributed by atoms with Crippen molar-refractivity contribution in [2.75, 3.05) is 12.8 Å². The maximum atomic E-state index is 12.4. The minimum atomic E-state index is -0.0888. The van der Waals surface area contributed by atoms with E-state index in [1.165, 1.54) is 0 Å². The third-order valence-electron chi connectivity index (χ3n) is 3.30. The molecule has 2 N–H and O–H groups in total. The molecule has 0 aromatic heterocycles. The summed E-state index contributed by atoms with van der Waals surface area (Å²) in [5.74, 6) is -0.0888. The average Bonchev–Trinajstić information content (AvgIpc) is 2.46. The van der Waals surface area contributed by atoms with Crippen molar-refractivity contribution >= 4 is 34.8 Å². The molecule has 21 heavy (non-hydrogen) atoms. The molecule has 2 aromatic rings. The predicted molar refractivity (Wildman–Crippen MR) is 87.9 cm³/mol. The first-order valence-corrected chi connectivity index (χ1v) is 7.20. The van der Waals surface area contributed by atoms with E-state index in [4.69, 9.17) is 28.9 Å². The zero-order valence-corrected chi connectivity index (χ0v) is 13.4. The van der Waals surface area contributed by atoms with Gasteiger partial charge in [-0.2, -0.15) is 0 Å². The van der Waals surface area contributed by atoms with Crippen LogP contribution in [0.1, 0.15) is 21.5 Å². The van der Waals surface area contributed by atoms with Crippen molar-refractivity contribution in [2.24, 2.45) is 0 Å². The molecule has 0 fully saturated rings. The van der Waals surface area contributed by atoms with E-state index < -0.39 is 0 Å². The van der Waals surface area contributed by atoms with Crippen molar-refractivity contribution in [3.05, 3.63) is 63.1 Å². The van der Waals surface area contributed by atoms with Crippen molar-refractivity contribution in [3.63, 3.8) is 0 Å². The minimum Gasteiger partial charge on any atom is -0.399 e. The van der Waals surface area contributed by atoms with Gasteiger partial charge in [-0.1, -0.05) is 35.3 Å². The van der Waals surface area contributed by atoms with Gasteiger partial charge >= 0.3 is 0 Å². The lowest BCUT2D eigenvalue weighted by atomic mass is 10.1. The number of amides is 1. The van der Waals surface area contributed by atoms with Crippen molar-refractivity contribution in [1.29, 1.82) is 0 Å². The number of halogens is 2. The van der Waals surface area contributed by atoms with Crippen molar-refractivity contribution in [1.82, 2.24) is 4.90 Å². The van der Waals surface area contributed by atoms with E-state index in [-0.39, 0.29) is 5.91 Å². The average molecular weight is 323 g/mol. The zero-order chi connectivity index (χ0) is 15.6. The van der Waals surface area contributed by atoms with Gasteiger partial charge in [0.2, 0.25) is 0 Å². The Labute approximate surface area is 134 Å². The highest BCUT2D eigenvalue weighted by Gasteiger charge is 2.14. The van der Waals surface area contributed by atoms with Crippen LogP contribution in [-0.4, -0.2) is 17.9 Å². The number of nitrogens with zero attached hydrogens (tertiary/aromatic N) is 1. The first kappa shape index (κ1) is 15.7. The molecule has 0 spiro atoms. The van der Waals surface area contributed by atoms with E-state index in [2.05, 4.69) is 0 Å². The Morgan fingerprint density at radius 1 is 1.24 bits per heavy atom. The SMILES string of the molecule is Cc1cc(C(=O)N(C)Cc2cccc(Cl)c2Cl)ccc1N. The van der Waals surface area contributed by atoms with E-state index in [0.29, 0.717) is 27.8 Å². The molecule has 2 rings (SSSR count). The Morgan fingerprint density at radius 3 is 2.62 bits per heavy atom. The molecule has 0 aliphatic heterocycles. The lowest BCUT2D eigenvalue weighted by molar-refractivity contribution is 0.0785. The van der Waals surface area contributed by atoms with Crippen LogP contribution in [0.3, 0.4) is 0 Å². The molecule has 2 aromatic carbocycles. The van der Waals surface area contributed by atoms with Gasteiger partial charge in [-0.3, -0.25) is 4.79 Å². The number of anilines is 1. The molecule has 0 saturated carbocycles. The molecule has 0 heterocycles. The van der Waals surface area contributed by atoms with Crippen molar-refractivity contribution in [2.45, 2.75) is 13.5 Å². The molecular weight excluding hydrogens is 307 g/mol. The molecule has 1 amide bonds. The monoisotopic (exact) mass is 322 g/mol. The largest absolute Gasteiger partial charge is 0.399 e. The van der Waals surface area contributed by atoms with Crippen molar-refractivity contribution < 1.29 is 4.79 Å². The molecule has 0 unspecified atom stereocenters. The molecular formula is C16H16Cl2N2O. The normalized spacial score (nSPS) is 10.5. The van der Waals surface area contributed by atoms with Crippen LogP contribution in [-0.2, 0) is 6.54 Å². The summed E-state index contributed by atoms with van der Waals surface area (Å²) in [6, 6.07) is 10.6. The molecule has 5 heteroatoms. The van der Waals surface area contributed by atoms with Crippen LogP contribution in [0.5, 0.6) is 0 Å². The van der Waals surface area contributed by atoms with E-state index in [1.807, 2.05) is 19.1 Å². The molecule has 0 aliphatic carbocycles. The quantitative estimate of drug-likeness (QED) is 0.862. The standard InChI is InChI=1S/C16H16Cl2N2O/c1-10-8-11(6-7-14(10)19)16(21)20(2)9-12-4-3-5-13(17)15(12)18/h3-8H,9,19H2,1-2H3. The number of nitrogen functional groups attached to an aromatic ring is 1. The van der Waals surface area contributed by atoms with Gasteiger partial charge in [0.25, 0.3) is 5.91 Å². The summed E-state index contributed by atoms with van der Waals surface area (Å²) in [5, 5.41) is 0.964. The Bertz CT molecular complexity index is 686. The fourth-order valence-corrected chi connectivity index (χ4v) is 2.41. The summed E-state index contributed by atoms with van der Waals surface area (Å²) < 4.78 is 0. The summed E-state index contributed by atoms with van der Waals surface area (Å²) in [4.78, 5) is 14.0. The second kappa shape index (κ2) is 6.37. The predicted octanol–water partition coefficient (Wildman–Crippen LogP) is 4.16. The van der Waals surface area contributed by atoms with Crippen LogP contribution >= 0.6 is 23.2 Å². The van der Waals surface area contributed by atoms with Gasteiger partial charge < -0.3 is 10.6 Å². The van der Waals surface area contributed by atoms with Crippen LogP contribution in [0.15, 0.2) is 36.4 Å². The number of carbonyl (C=O) groups excluding carboxylic acids is 1. The summed E-state index contributed by atoms with van der Waals surface area (Å²) in [6.45, 7) is 2.27. The molecule has 110 valence electrons. The Morgan fingerprint density at radius 2 is 1.95 bits per heavy atom. The van der Waals surface area contributed by atoms with Gasteiger partial charge in [-0.25, -0.2) is 0 Å². The van der Waals surface area contributed by atoms with Crippen LogP contribution in [0, 0.1) is 6.92 Å². The second-order valence-corrected chi connectivity index (χ2v) is 5.73. The minimum absolute atomic E-state index is 0.0888. The number of rotatable bonds is 3. The third-order valence-corrected chi connectivity index (χ3v) is 4.16. The topological polar surface area (TPSA) is 46.3 Å². The van der Waals surface area contributed by atoms with Gasteiger partial charge in [0.1, 0.15) is 0 Å². The van der Waals surface area contributed by atoms with Crippen LogP contribution < -0.4 is 5.73 Å². The second-order valence-electron chi connectivity index (χ2n) is 4.95. The van der Waals surface area contributed by atoms with Crippen LogP contribution in [0.25, 0.3) is 0 Å². The molecule has 0 saturated heterocycles. The molecule has 0 aliphatic rings. The van der Waals surface area contributed by atoms with Gasteiger partial charge in [-0.15, -0.1) is 0 Å². The van der Waals surface area contributed by atoms with Crippen LogP contribution in [0.2, 0.25) is 10.0 Å². The van der Waals surface area contributed by atoms with Crippen LogP contribution in [0.4, 0.5) is 5.69 Å². The smallest absolute Gasteiger partial charge is 0.253 e. The highest BCUT2D eigenvalue weighted by atomic mass is 35.5. The van der Waals surface area contributed by atoms with E-state index in [1.54, 1.807) is 36.2 Å². The number of nitrogens with two attached hydrogens (primary N) is 1.